The average Bonchev–Trinajstić information content (AvgIpc) is 3.43. The molecule has 1 aliphatic rings. The highest BCUT2D eigenvalue weighted by Crippen LogP contribution is 2.38. The molecule has 164 valence electrons. The lowest BCUT2D eigenvalue weighted by Gasteiger charge is -2.23. The van der Waals surface area contributed by atoms with Crippen molar-refractivity contribution in [2.24, 2.45) is 10.1 Å². The van der Waals surface area contributed by atoms with E-state index < -0.39 is 0 Å². The molecule has 0 saturated carbocycles. The summed E-state index contributed by atoms with van der Waals surface area (Å²) in [6.07, 6.45) is 2.38. The van der Waals surface area contributed by atoms with Crippen LogP contribution in [0, 0.1) is 0 Å². The number of hydrazone groups is 1. The van der Waals surface area contributed by atoms with Gasteiger partial charge in [-0.05, 0) is 47.5 Å². The van der Waals surface area contributed by atoms with Crippen LogP contribution in [0.2, 0.25) is 10.0 Å². The number of aromatic amines is 1. The summed E-state index contributed by atoms with van der Waals surface area (Å²) < 4.78 is 0. The summed E-state index contributed by atoms with van der Waals surface area (Å²) in [7, 11) is 0. The van der Waals surface area contributed by atoms with Gasteiger partial charge in [-0.25, -0.2) is 5.01 Å². The van der Waals surface area contributed by atoms with Gasteiger partial charge in [-0.1, -0.05) is 77.0 Å². The molecule has 4 aromatic rings. The molecule has 0 aliphatic carbocycles. The molecular formula is C25H18Cl2N4OS. The normalized spacial score (nSPS) is 15.9. The topological polar surface area (TPSA) is 60.8 Å². The minimum absolute atomic E-state index is 0.0922. The van der Waals surface area contributed by atoms with Crippen molar-refractivity contribution in [2.75, 3.05) is 5.01 Å². The maximum absolute atomic E-state index is 12.4. The van der Waals surface area contributed by atoms with Crippen molar-refractivity contribution in [3.8, 4) is 0 Å². The molecule has 0 spiro atoms. The van der Waals surface area contributed by atoms with Gasteiger partial charge >= 0.3 is 4.87 Å². The number of benzene rings is 3. The molecule has 5 rings (SSSR count). The third-order valence-corrected chi connectivity index (χ3v) is 6.63. The number of aromatic nitrogens is 1. The number of hydrogen-bond donors (Lipinski definition) is 1. The predicted molar refractivity (Wildman–Crippen MR) is 138 cm³/mol. The Bertz CT molecular complexity index is 1380. The Morgan fingerprint density at radius 2 is 1.64 bits per heavy atom. The Morgan fingerprint density at radius 3 is 2.33 bits per heavy atom. The molecule has 1 aromatic heterocycles. The fourth-order valence-electron chi connectivity index (χ4n) is 3.72. The van der Waals surface area contributed by atoms with Gasteiger partial charge in [0.2, 0.25) is 0 Å². The van der Waals surface area contributed by atoms with Crippen molar-refractivity contribution in [3.63, 3.8) is 0 Å². The van der Waals surface area contributed by atoms with E-state index in [1.54, 1.807) is 18.3 Å². The number of nitrogens with one attached hydrogen (secondary N) is 1. The standard InChI is InChI=1S/C25H18Cl2N4OS/c26-18-8-6-17(7-9-18)22-14-21(16-4-2-1-3-5-16)30-31(22)24-23(33-25(32)29-24)15-28-20-12-10-19(27)11-13-20/h1-13,15,22H,14H2,(H,29,32). The van der Waals surface area contributed by atoms with E-state index in [0.717, 1.165) is 33.9 Å². The van der Waals surface area contributed by atoms with Gasteiger partial charge in [0.1, 0.15) is 5.82 Å². The van der Waals surface area contributed by atoms with E-state index >= 15 is 0 Å². The Hall–Kier alpha value is -3.19. The van der Waals surface area contributed by atoms with Crippen molar-refractivity contribution < 1.29 is 0 Å². The van der Waals surface area contributed by atoms with Gasteiger partial charge in [0, 0.05) is 22.7 Å². The summed E-state index contributed by atoms with van der Waals surface area (Å²) in [6.45, 7) is 0. The molecular weight excluding hydrogens is 475 g/mol. The maximum atomic E-state index is 12.4. The van der Waals surface area contributed by atoms with Crippen LogP contribution in [-0.2, 0) is 0 Å². The lowest BCUT2D eigenvalue weighted by Crippen LogP contribution is -2.20. The zero-order valence-electron chi connectivity index (χ0n) is 17.3. The third-order valence-electron chi connectivity index (χ3n) is 5.32. The van der Waals surface area contributed by atoms with Crippen LogP contribution in [0.25, 0.3) is 0 Å². The van der Waals surface area contributed by atoms with Gasteiger partial charge in [-0.2, -0.15) is 5.10 Å². The van der Waals surface area contributed by atoms with E-state index in [9.17, 15) is 4.79 Å². The summed E-state index contributed by atoms with van der Waals surface area (Å²) in [6, 6.07) is 24.9. The molecule has 1 atom stereocenters. The number of hydrogen-bond acceptors (Lipinski definition) is 5. The fraction of sp³-hybridized carbons (Fsp3) is 0.0800. The Morgan fingerprint density at radius 1 is 0.970 bits per heavy atom. The molecule has 1 unspecified atom stereocenters. The van der Waals surface area contributed by atoms with Crippen LogP contribution in [0.3, 0.4) is 0 Å². The summed E-state index contributed by atoms with van der Waals surface area (Å²) >= 11 is 13.2. The van der Waals surface area contributed by atoms with E-state index in [1.165, 1.54) is 0 Å². The first-order valence-electron chi connectivity index (χ1n) is 10.3. The molecule has 1 N–H and O–H groups in total. The van der Waals surface area contributed by atoms with Crippen LogP contribution in [0.1, 0.15) is 28.5 Å². The van der Waals surface area contributed by atoms with E-state index in [-0.39, 0.29) is 10.9 Å². The Kier molecular flexibility index (Phi) is 6.13. The first-order valence-corrected chi connectivity index (χ1v) is 11.8. The van der Waals surface area contributed by atoms with E-state index in [1.807, 2.05) is 71.7 Å². The summed E-state index contributed by atoms with van der Waals surface area (Å²) in [5.74, 6) is 0.619. The number of rotatable bonds is 5. The summed E-state index contributed by atoms with van der Waals surface area (Å²) in [5, 5.41) is 8.12. The van der Waals surface area contributed by atoms with Crippen LogP contribution < -0.4 is 9.88 Å². The fourth-order valence-corrected chi connectivity index (χ4v) is 4.66. The lowest BCUT2D eigenvalue weighted by molar-refractivity contribution is 0.700. The summed E-state index contributed by atoms with van der Waals surface area (Å²) in [5.41, 5.74) is 3.80. The second kappa shape index (κ2) is 9.35. The number of nitrogens with zero attached hydrogens (tertiary/aromatic N) is 3. The maximum Gasteiger partial charge on any atom is 0.306 e. The van der Waals surface area contributed by atoms with E-state index in [2.05, 4.69) is 9.98 Å². The number of halogens is 2. The van der Waals surface area contributed by atoms with Crippen molar-refractivity contribution in [3.05, 3.63) is 115 Å². The quantitative estimate of drug-likeness (QED) is 0.309. The van der Waals surface area contributed by atoms with Gasteiger partial charge in [0.15, 0.2) is 0 Å². The van der Waals surface area contributed by atoms with Crippen molar-refractivity contribution in [1.29, 1.82) is 0 Å². The average molecular weight is 493 g/mol. The SMILES string of the molecule is O=c1[nH]c(N2N=C(c3ccccc3)CC2c2ccc(Cl)cc2)c(C=Nc2ccc(Cl)cc2)s1. The molecule has 3 aromatic carbocycles. The van der Waals surface area contributed by atoms with Crippen LogP contribution in [0.5, 0.6) is 0 Å². The van der Waals surface area contributed by atoms with Crippen LogP contribution >= 0.6 is 34.5 Å². The van der Waals surface area contributed by atoms with Crippen molar-refractivity contribution in [1.82, 2.24) is 4.98 Å². The van der Waals surface area contributed by atoms with E-state index in [4.69, 9.17) is 28.3 Å². The minimum Gasteiger partial charge on any atom is -0.297 e. The van der Waals surface area contributed by atoms with Gasteiger partial charge in [-0.3, -0.25) is 14.8 Å². The Balaban J connectivity index is 1.55. The van der Waals surface area contributed by atoms with Gasteiger partial charge < -0.3 is 0 Å². The molecule has 0 fully saturated rings. The molecule has 0 bridgehead atoms. The zero-order valence-corrected chi connectivity index (χ0v) is 19.6. The second-order valence-electron chi connectivity index (χ2n) is 7.49. The van der Waals surface area contributed by atoms with Crippen molar-refractivity contribution in [2.45, 2.75) is 12.5 Å². The predicted octanol–water partition coefficient (Wildman–Crippen LogP) is 6.85. The van der Waals surface area contributed by atoms with Gasteiger partial charge in [0.05, 0.1) is 22.3 Å². The van der Waals surface area contributed by atoms with Crippen LogP contribution in [0.4, 0.5) is 11.5 Å². The summed E-state index contributed by atoms with van der Waals surface area (Å²) in [4.78, 5) is 20.4. The van der Waals surface area contributed by atoms with Crippen molar-refractivity contribution >= 4 is 58.0 Å². The third kappa shape index (κ3) is 4.78. The monoisotopic (exact) mass is 492 g/mol. The number of thiazole rings is 1. The molecule has 5 nitrogen and oxygen atoms in total. The molecule has 33 heavy (non-hydrogen) atoms. The molecule has 0 radical (unpaired) electrons. The highest BCUT2D eigenvalue weighted by Gasteiger charge is 2.32. The highest BCUT2D eigenvalue weighted by atomic mass is 35.5. The number of anilines is 1. The zero-order chi connectivity index (χ0) is 22.8. The number of H-pyrrole nitrogens is 1. The van der Waals surface area contributed by atoms with Crippen LogP contribution in [-0.4, -0.2) is 16.9 Å². The van der Waals surface area contributed by atoms with Gasteiger partial charge in [0.25, 0.3) is 0 Å². The minimum atomic E-state index is -0.166. The Labute approximate surface area is 204 Å². The lowest BCUT2D eigenvalue weighted by atomic mass is 9.98. The smallest absolute Gasteiger partial charge is 0.297 e. The first kappa shape index (κ1) is 21.6. The molecule has 0 saturated heterocycles. The molecule has 0 amide bonds. The van der Waals surface area contributed by atoms with Gasteiger partial charge in [-0.15, -0.1) is 0 Å². The molecule has 1 aliphatic heterocycles. The largest absolute Gasteiger partial charge is 0.306 e. The molecule has 8 heteroatoms. The second-order valence-corrected chi connectivity index (χ2v) is 9.38. The molecule has 2 heterocycles. The number of aliphatic imine (C=N–C) groups is 1. The first-order chi connectivity index (χ1) is 16.1. The van der Waals surface area contributed by atoms with E-state index in [0.29, 0.717) is 27.2 Å². The highest BCUT2D eigenvalue weighted by molar-refractivity contribution is 7.11. The van der Waals surface area contributed by atoms with Crippen LogP contribution in [0.15, 0.2) is 93.8 Å².